The lowest BCUT2D eigenvalue weighted by Gasteiger charge is -2.25. The summed E-state index contributed by atoms with van der Waals surface area (Å²) in [6.07, 6.45) is 0. The highest BCUT2D eigenvalue weighted by Crippen LogP contribution is 2.28. The zero-order valence-corrected chi connectivity index (χ0v) is 19.2. The van der Waals surface area contributed by atoms with Gasteiger partial charge in [0, 0.05) is 20.1 Å². The van der Waals surface area contributed by atoms with Crippen molar-refractivity contribution in [1.29, 1.82) is 0 Å². The number of likely N-dealkylation sites (N-methyl/N-ethyl adjacent to an activating group) is 2. The Bertz CT molecular complexity index is 1000. The van der Waals surface area contributed by atoms with Crippen molar-refractivity contribution in [3.63, 3.8) is 0 Å². The molecule has 0 atom stereocenters. The van der Waals surface area contributed by atoms with E-state index in [2.05, 4.69) is 0 Å². The van der Waals surface area contributed by atoms with Crippen molar-refractivity contribution in [1.82, 2.24) is 9.21 Å². The van der Waals surface area contributed by atoms with Crippen LogP contribution in [0.2, 0.25) is 0 Å². The van der Waals surface area contributed by atoms with Gasteiger partial charge in [-0.3, -0.25) is 4.79 Å². The summed E-state index contributed by atoms with van der Waals surface area (Å²) in [5, 5.41) is 0. The fraction of sp³-hybridized carbons (Fsp3) is 0.409. The summed E-state index contributed by atoms with van der Waals surface area (Å²) >= 11 is 0. The normalized spacial score (nSPS) is 11.4. The second kappa shape index (κ2) is 9.95. The molecule has 0 radical (unpaired) electrons. The number of hydrogen-bond acceptors (Lipinski definition) is 5. The van der Waals surface area contributed by atoms with Crippen molar-refractivity contribution in [3.8, 4) is 11.5 Å². The van der Waals surface area contributed by atoms with E-state index in [4.69, 9.17) is 9.47 Å². The van der Waals surface area contributed by atoms with Crippen molar-refractivity contribution in [3.05, 3.63) is 53.1 Å². The Morgan fingerprint density at radius 1 is 0.967 bits per heavy atom. The molecule has 2 rings (SSSR count). The number of sulfonamides is 1. The van der Waals surface area contributed by atoms with Crippen LogP contribution in [0.3, 0.4) is 0 Å². The molecule has 0 aliphatic carbocycles. The molecule has 8 heteroatoms. The summed E-state index contributed by atoms with van der Waals surface area (Å²) in [6.45, 7) is 6.19. The first-order valence-corrected chi connectivity index (χ1v) is 11.1. The second-order valence-corrected chi connectivity index (χ2v) is 9.15. The lowest BCUT2D eigenvalue weighted by molar-refractivity contribution is -0.131. The molecule has 164 valence electrons. The van der Waals surface area contributed by atoms with Gasteiger partial charge in [0.2, 0.25) is 15.9 Å². The van der Waals surface area contributed by atoms with Crippen molar-refractivity contribution >= 4 is 15.9 Å². The molecule has 0 aromatic heterocycles. The van der Waals surface area contributed by atoms with Gasteiger partial charge < -0.3 is 14.4 Å². The Labute approximate surface area is 179 Å². The maximum atomic E-state index is 12.9. The van der Waals surface area contributed by atoms with Crippen LogP contribution < -0.4 is 9.47 Å². The highest BCUT2D eigenvalue weighted by molar-refractivity contribution is 7.89. The molecule has 0 aliphatic rings. The molecule has 0 bridgehead atoms. The van der Waals surface area contributed by atoms with Crippen LogP contribution >= 0.6 is 0 Å². The Kier molecular flexibility index (Phi) is 7.86. The molecule has 0 heterocycles. The number of carbonyl (C=O) groups is 1. The number of methoxy groups -OCH3 is 2. The smallest absolute Gasteiger partial charge is 0.243 e. The van der Waals surface area contributed by atoms with Crippen LogP contribution in [0.4, 0.5) is 0 Å². The number of aryl methyl sites for hydroxylation is 2. The minimum absolute atomic E-state index is 0.184. The first-order valence-electron chi connectivity index (χ1n) is 9.66. The van der Waals surface area contributed by atoms with Gasteiger partial charge in [0.1, 0.15) is 0 Å². The first-order chi connectivity index (χ1) is 14.1. The van der Waals surface area contributed by atoms with Crippen LogP contribution in [0.25, 0.3) is 0 Å². The third-order valence-corrected chi connectivity index (χ3v) is 6.90. The van der Waals surface area contributed by atoms with E-state index in [1.807, 2.05) is 32.9 Å². The topological polar surface area (TPSA) is 76.2 Å². The molecule has 2 aromatic rings. The standard InChI is InChI=1S/C22H30N2O5S/c1-7-24(14-18-9-11-20(28-5)21(13-18)29-6)22(25)15-23(4)30(26,27)19-10-8-16(2)17(3)12-19/h8-13H,7,14-15H2,1-6H3. The van der Waals surface area contributed by atoms with E-state index in [0.29, 0.717) is 24.6 Å². The minimum Gasteiger partial charge on any atom is -0.493 e. The third kappa shape index (κ3) is 5.31. The molecule has 0 saturated heterocycles. The van der Waals surface area contributed by atoms with Gasteiger partial charge >= 0.3 is 0 Å². The van der Waals surface area contributed by atoms with Gasteiger partial charge in [-0.2, -0.15) is 4.31 Å². The maximum Gasteiger partial charge on any atom is 0.243 e. The highest BCUT2D eigenvalue weighted by Gasteiger charge is 2.25. The number of nitrogens with zero attached hydrogens (tertiary/aromatic N) is 2. The molecule has 0 saturated carbocycles. The Hall–Kier alpha value is -2.58. The molecule has 0 N–H and O–H groups in total. The summed E-state index contributed by atoms with van der Waals surface area (Å²) in [6, 6.07) is 10.4. The summed E-state index contributed by atoms with van der Waals surface area (Å²) in [7, 11) is 0.778. The number of carbonyl (C=O) groups excluding carboxylic acids is 1. The second-order valence-electron chi connectivity index (χ2n) is 7.10. The fourth-order valence-electron chi connectivity index (χ4n) is 3.01. The monoisotopic (exact) mass is 434 g/mol. The lowest BCUT2D eigenvalue weighted by Crippen LogP contribution is -2.40. The van der Waals surface area contributed by atoms with E-state index in [0.717, 1.165) is 21.0 Å². The van der Waals surface area contributed by atoms with Crippen LogP contribution in [-0.2, 0) is 21.4 Å². The van der Waals surface area contributed by atoms with Gasteiger partial charge in [-0.15, -0.1) is 0 Å². The molecule has 0 aliphatic heterocycles. The first kappa shape index (κ1) is 23.7. The SMILES string of the molecule is CCN(Cc1ccc(OC)c(OC)c1)C(=O)CN(C)S(=O)(=O)c1ccc(C)c(C)c1. The van der Waals surface area contributed by atoms with Crippen LogP contribution in [0, 0.1) is 13.8 Å². The molecule has 7 nitrogen and oxygen atoms in total. The molecular formula is C22H30N2O5S. The van der Waals surface area contributed by atoms with Crippen molar-refractivity contribution in [2.45, 2.75) is 32.2 Å². The predicted octanol–water partition coefficient (Wildman–Crippen LogP) is 2.99. The fourth-order valence-corrected chi connectivity index (χ4v) is 4.21. The van der Waals surface area contributed by atoms with Crippen LogP contribution in [-0.4, -0.2) is 57.9 Å². The van der Waals surface area contributed by atoms with E-state index in [1.54, 1.807) is 43.4 Å². The van der Waals surface area contributed by atoms with Crippen molar-refractivity contribution in [2.75, 3.05) is 34.4 Å². The van der Waals surface area contributed by atoms with E-state index in [1.165, 1.54) is 7.05 Å². The summed E-state index contributed by atoms with van der Waals surface area (Å²) < 4.78 is 37.4. The zero-order chi connectivity index (χ0) is 22.5. The molecule has 0 spiro atoms. The van der Waals surface area contributed by atoms with E-state index >= 15 is 0 Å². The van der Waals surface area contributed by atoms with Gasteiger partial charge in [0.15, 0.2) is 11.5 Å². The Morgan fingerprint density at radius 3 is 2.20 bits per heavy atom. The van der Waals surface area contributed by atoms with Gasteiger partial charge in [0.25, 0.3) is 0 Å². The average molecular weight is 435 g/mol. The summed E-state index contributed by atoms with van der Waals surface area (Å²) in [5.41, 5.74) is 2.77. The summed E-state index contributed by atoms with van der Waals surface area (Å²) in [4.78, 5) is 14.6. The molecule has 1 amide bonds. The van der Waals surface area contributed by atoms with Crippen LogP contribution in [0.15, 0.2) is 41.3 Å². The zero-order valence-electron chi connectivity index (χ0n) is 18.4. The quantitative estimate of drug-likeness (QED) is 0.606. The van der Waals surface area contributed by atoms with Crippen molar-refractivity contribution in [2.24, 2.45) is 0 Å². The van der Waals surface area contributed by atoms with Gasteiger partial charge in [-0.05, 0) is 61.7 Å². The molecule has 0 fully saturated rings. The van der Waals surface area contributed by atoms with E-state index in [9.17, 15) is 13.2 Å². The molecule has 30 heavy (non-hydrogen) atoms. The van der Waals surface area contributed by atoms with E-state index in [-0.39, 0.29) is 17.3 Å². The largest absolute Gasteiger partial charge is 0.493 e. The summed E-state index contributed by atoms with van der Waals surface area (Å²) in [5.74, 6) is 0.907. The minimum atomic E-state index is -3.76. The molecule has 2 aromatic carbocycles. The Morgan fingerprint density at radius 2 is 1.63 bits per heavy atom. The average Bonchev–Trinajstić information content (AvgIpc) is 2.73. The van der Waals surface area contributed by atoms with Gasteiger partial charge in [0.05, 0.1) is 25.7 Å². The van der Waals surface area contributed by atoms with Crippen LogP contribution in [0.1, 0.15) is 23.6 Å². The number of benzene rings is 2. The van der Waals surface area contributed by atoms with Gasteiger partial charge in [-0.1, -0.05) is 12.1 Å². The predicted molar refractivity (Wildman–Crippen MR) is 116 cm³/mol. The number of hydrogen-bond donors (Lipinski definition) is 0. The highest BCUT2D eigenvalue weighted by atomic mass is 32.2. The third-order valence-electron chi connectivity index (χ3n) is 5.10. The number of amides is 1. The maximum absolute atomic E-state index is 12.9. The lowest BCUT2D eigenvalue weighted by atomic mass is 10.1. The van der Waals surface area contributed by atoms with Crippen molar-refractivity contribution < 1.29 is 22.7 Å². The molecular weight excluding hydrogens is 404 g/mol. The number of rotatable bonds is 9. The van der Waals surface area contributed by atoms with Crippen LogP contribution in [0.5, 0.6) is 11.5 Å². The van der Waals surface area contributed by atoms with Gasteiger partial charge in [-0.25, -0.2) is 8.42 Å². The van der Waals surface area contributed by atoms with E-state index < -0.39 is 10.0 Å². The number of ether oxygens (including phenoxy) is 2. The Balaban J connectivity index is 2.14. The molecule has 0 unspecified atom stereocenters.